The predicted octanol–water partition coefficient (Wildman–Crippen LogP) is 3.21. The summed E-state index contributed by atoms with van der Waals surface area (Å²) in [6.45, 7) is 5.49. The number of pyridine rings is 1. The Kier molecular flexibility index (Phi) is 5.78. The highest BCUT2D eigenvalue weighted by molar-refractivity contribution is 9.10. The van der Waals surface area contributed by atoms with E-state index in [9.17, 15) is 0 Å². The minimum atomic E-state index is 0. The summed E-state index contributed by atoms with van der Waals surface area (Å²) in [5.74, 6) is 0. The molecule has 2 heterocycles. The Morgan fingerprint density at radius 3 is 3.00 bits per heavy atom. The van der Waals surface area contributed by atoms with Gasteiger partial charge in [-0.3, -0.25) is 9.88 Å². The summed E-state index contributed by atoms with van der Waals surface area (Å²) in [5.41, 5.74) is 2.44. The van der Waals surface area contributed by atoms with E-state index in [1.807, 2.05) is 12.3 Å². The van der Waals surface area contributed by atoms with Crippen LogP contribution < -0.4 is 5.32 Å². The molecule has 20 heavy (non-hydrogen) atoms. The van der Waals surface area contributed by atoms with Gasteiger partial charge >= 0.3 is 0 Å². The molecule has 0 aliphatic carbocycles. The molecule has 0 amide bonds. The van der Waals surface area contributed by atoms with Crippen LogP contribution in [0.5, 0.6) is 0 Å². The number of fused-ring (bicyclic) bond motifs is 1. The normalized spacial score (nSPS) is 16.6. The maximum Gasteiger partial charge on any atom is 0.0758 e. The van der Waals surface area contributed by atoms with Crippen LogP contribution in [0, 0.1) is 0 Å². The van der Waals surface area contributed by atoms with E-state index in [1.165, 1.54) is 17.4 Å². The number of aromatic nitrogens is 1. The molecular formula is C15H19BrClN3. The molecular weight excluding hydrogens is 338 g/mol. The van der Waals surface area contributed by atoms with Crippen LogP contribution in [0.15, 0.2) is 34.9 Å². The Morgan fingerprint density at radius 2 is 2.10 bits per heavy atom. The van der Waals surface area contributed by atoms with Crippen LogP contribution >= 0.6 is 28.3 Å². The number of hydrogen-bond acceptors (Lipinski definition) is 3. The van der Waals surface area contributed by atoms with E-state index < -0.39 is 0 Å². The van der Waals surface area contributed by atoms with Crippen LogP contribution in [-0.2, 0) is 6.54 Å². The maximum absolute atomic E-state index is 4.56. The molecule has 5 heteroatoms. The van der Waals surface area contributed by atoms with Gasteiger partial charge in [-0.05, 0) is 37.2 Å². The third-order valence-electron chi connectivity index (χ3n) is 3.63. The Hall–Kier alpha value is -0.680. The molecule has 1 saturated heterocycles. The van der Waals surface area contributed by atoms with Crippen molar-refractivity contribution in [2.24, 2.45) is 0 Å². The van der Waals surface area contributed by atoms with Crippen LogP contribution in [-0.4, -0.2) is 36.1 Å². The molecule has 0 atom stereocenters. The van der Waals surface area contributed by atoms with Gasteiger partial charge in [0, 0.05) is 35.7 Å². The smallest absolute Gasteiger partial charge is 0.0758 e. The monoisotopic (exact) mass is 355 g/mol. The van der Waals surface area contributed by atoms with Crippen LogP contribution in [0.4, 0.5) is 0 Å². The third kappa shape index (κ3) is 3.50. The van der Waals surface area contributed by atoms with Crippen LogP contribution in [0.25, 0.3) is 10.9 Å². The van der Waals surface area contributed by atoms with Gasteiger partial charge in [-0.15, -0.1) is 12.4 Å². The highest BCUT2D eigenvalue weighted by Crippen LogP contribution is 2.26. The summed E-state index contributed by atoms with van der Waals surface area (Å²) in [7, 11) is 0. The number of benzene rings is 1. The fraction of sp³-hybridized carbons (Fsp3) is 0.400. The highest BCUT2D eigenvalue weighted by atomic mass is 79.9. The van der Waals surface area contributed by atoms with Gasteiger partial charge in [-0.1, -0.05) is 28.1 Å². The van der Waals surface area contributed by atoms with Crippen molar-refractivity contribution in [2.75, 3.05) is 26.2 Å². The van der Waals surface area contributed by atoms with Gasteiger partial charge in [0.1, 0.15) is 0 Å². The lowest BCUT2D eigenvalue weighted by molar-refractivity contribution is 0.285. The average molecular weight is 357 g/mol. The molecule has 108 valence electrons. The highest BCUT2D eigenvalue weighted by Gasteiger charge is 2.12. The Labute approximate surface area is 134 Å². The van der Waals surface area contributed by atoms with E-state index in [0.29, 0.717) is 0 Å². The molecule has 3 rings (SSSR count). The van der Waals surface area contributed by atoms with E-state index in [-0.39, 0.29) is 12.4 Å². The Morgan fingerprint density at radius 1 is 1.20 bits per heavy atom. The first-order chi connectivity index (χ1) is 9.34. The number of nitrogens with one attached hydrogen (secondary N) is 1. The first-order valence-electron chi connectivity index (χ1n) is 6.80. The number of rotatable bonds is 2. The average Bonchev–Trinajstić information content (AvgIpc) is 2.71. The molecule has 1 aromatic carbocycles. The standard InChI is InChI=1S/C15H18BrN3.ClH/c16-14-5-4-12(15-13(14)3-1-7-18-15)11-19-9-2-6-17-8-10-19;/h1,3-5,7,17H,2,6,8-11H2;1H. The minimum absolute atomic E-state index is 0. The van der Waals surface area contributed by atoms with Crippen molar-refractivity contribution in [3.8, 4) is 0 Å². The van der Waals surface area contributed by atoms with Crippen molar-refractivity contribution in [1.29, 1.82) is 0 Å². The van der Waals surface area contributed by atoms with Crippen molar-refractivity contribution in [3.63, 3.8) is 0 Å². The van der Waals surface area contributed by atoms with E-state index >= 15 is 0 Å². The molecule has 3 nitrogen and oxygen atoms in total. The van der Waals surface area contributed by atoms with Crippen molar-refractivity contribution in [2.45, 2.75) is 13.0 Å². The Balaban J connectivity index is 0.00000147. The van der Waals surface area contributed by atoms with Gasteiger partial charge in [-0.2, -0.15) is 0 Å². The second-order valence-corrected chi connectivity index (χ2v) is 5.84. The van der Waals surface area contributed by atoms with Gasteiger partial charge < -0.3 is 5.32 Å². The van der Waals surface area contributed by atoms with E-state index in [2.05, 4.69) is 49.3 Å². The zero-order chi connectivity index (χ0) is 13.1. The molecule has 2 aromatic rings. The lowest BCUT2D eigenvalue weighted by atomic mass is 10.1. The Bertz CT molecular complexity index is 568. The van der Waals surface area contributed by atoms with Crippen LogP contribution in [0.2, 0.25) is 0 Å². The summed E-state index contributed by atoms with van der Waals surface area (Å²) < 4.78 is 1.12. The lowest BCUT2D eigenvalue weighted by Crippen LogP contribution is -2.27. The first-order valence-corrected chi connectivity index (χ1v) is 7.59. The molecule has 0 bridgehead atoms. The van der Waals surface area contributed by atoms with Crippen LogP contribution in [0.3, 0.4) is 0 Å². The summed E-state index contributed by atoms with van der Waals surface area (Å²) in [4.78, 5) is 7.07. The third-order valence-corrected chi connectivity index (χ3v) is 4.32. The van der Waals surface area contributed by atoms with Crippen LogP contribution in [0.1, 0.15) is 12.0 Å². The van der Waals surface area contributed by atoms with Crippen molar-refractivity contribution >= 4 is 39.2 Å². The topological polar surface area (TPSA) is 28.2 Å². The predicted molar refractivity (Wildman–Crippen MR) is 89.5 cm³/mol. The van der Waals surface area contributed by atoms with Gasteiger partial charge in [0.25, 0.3) is 0 Å². The summed E-state index contributed by atoms with van der Waals surface area (Å²) >= 11 is 3.61. The number of hydrogen-bond donors (Lipinski definition) is 1. The van der Waals surface area contributed by atoms with E-state index in [1.54, 1.807) is 0 Å². The molecule has 0 unspecified atom stereocenters. The van der Waals surface area contributed by atoms with E-state index in [4.69, 9.17) is 0 Å². The largest absolute Gasteiger partial charge is 0.315 e. The quantitative estimate of drug-likeness (QED) is 0.895. The number of nitrogens with zero attached hydrogens (tertiary/aromatic N) is 2. The van der Waals surface area contributed by atoms with Gasteiger partial charge in [0.05, 0.1) is 5.52 Å². The zero-order valence-corrected chi connectivity index (χ0v) is 13.7. The molecule has 1 N–H and O–H groups in total. The lowest BCUT2D eigenvalue weighted by Gasteiger charge is -2.20. The molecule has 1 aliphatic heterocycles. The fourth-order valence-corrected chi connectivity index (χ4v) is 3.08. The van der Waals surface area contributed by atoms with Gasteiger partial charge in [0.2, 0.25) is 0 Å². The second kappa shape index (κ2) is 7.36. The molecule has 1 aromatic heterocycles. The van der Waals surface area contributed by atoms with Crippen molar-refractivity contribution < 1.29 is 0 Å². The number of halogens is 2. The zero-order valence-electron chi connectivity index (χ0n) is 11.3. The van der Waals surface area contributed by atoms with Crippen molar-refractivity contribution in [1.82, 2.24) is 15.2 Å². The van der Waals surface area contributed by atoms with E-state index in [0.717, 1.165) is 42.7 Å². The summed E-state index contributed by atoms with van der Waals surface area (Å²) in [6.07, 6.45) is 3.10. The molecule has 0 radical (unpaired) electrons. The minimum Gasteiger partial charge on any atom is -0.315 e. The second-order valence-electron chi connectivity index (χ2n) is 4.99. The maximum atomic E-state index is 4.56. The molecule has 0 spiro atoms. The molecule has 1 fully saturated rings. The summed E-state index contributed by atoms with van der Waals surface area (Å²) in [5, 5.41) is 4.65. The van der Waals surface area contributed by atoms with Crippen molar-refractivity contribution in [3.05, 3.63) is 40.5 Å². The molecule has 1 aliphatic rings. The first kappa shape index (κ1) is 15.7. The van der Waals surface area contributed by atoms with Gasteiger partial charge in [0.15, 0.2) is 0 Å². The SMILES string of the molecule is Brc1ccc(CN2CCCNCC2)c2ncccc12.Cl. The fourth-order valence-electron chi connectivity index (χ4n) is 2.62. The summed E-state index contributed by atoms with van der Waals surface area (Å²) in [6, 6.07) is 8.44. The molecule has 0 saturated carbocycles. The van der Waals surface area contributed by atoms with Gasteiger partial charge in [-0.25, -0.2) is 0 Å².